The van der Waals surface area contributed by atoms with E-state index in [2.05, 4.69) is 17.3 Å². The first kappa shape index (κ1) is 11.9. The van der Waals surface area contributed by atoms with Gasteiger partial charge in [0.15, 0.2) is 0 Å². The topological polar surface area (TPSA) is 29.9 Å². The third-order valence-corrected chi connectivity index (χ3v) is 3.68. The molecule has 1 aromatic rings. The van der Waals surface area contributed by atoms with Crippen molar-refractivity contribution < 1.29 is 0 Å². The van der Waals surface area contributed by atoms with Gasteiger partial charge in [0.2, 0.25) is 0 Å². The molecule has 1 N–H and O–H groups in total. The van der Waals surface area contributed by atoms with Gasteiger partial charge < -0.3 is 5.32 Å². The van der Waals surface area contributed by atoms with Crippen molar-refractivity contribution in [3.8, 4) is 0 Å². The van der Waals surface area contributed by atoms with E-state index >= 15 is 0 Å². The first-order valence-corrected chi connectivity index (χ1v) is 6.50. The average molecular weight is 242 g/mol. The number of aromatic nitrogens is 2. The molecule has 3 nitrogen and oxygen atoms in total. The maximum Gasteiger partial charge on any atom is 0.0817 e. The molecule has 1 fully saturated rings. The van der Waals surface area contributed by atoms with Crippen molar-refractivity contribution in [1.29, 1.82) is 0 Å². The molecule has 0 amide bonds. The molecule has 1 saturated carbocycles. The molecule has 2 rings (SSSR count). The molecule has 0 spiro atoms. The van der Waals surface area contributed by atoms with E-state index in [1.165, 1.54) is 12.8 Å². The SMILES string of the molecule is CCNC(CCc1c(Cl)cnn1C)C1CC1. The van der Waals surface area contributed by atoms with Crippen LogP contribution in [0.5, 0.6) is 0 Å². The summed E-state index contributed by atoms with van der Waals surface area (Å²) in [5, 5.41) is 8.54. The van der Waals surface area contributed by atoms with Gasteiger partial charge in [-0.1, -0.05) is 18.5 Å². The van der Waals surface area contributed by atoms with E-state index in [4.69, 9.17) is 11.6 Å². The van der Waals surface area contributed by atoms with Gasteiger partial charge in [0.1, 0.15) is 0 Å². The van der Waals surface area contributed by atoms with E-state index in [1.807, 2.05) is 11.7 Å². The second-order valence-corrected chi connectivity index (χ2v) is 5.01. The molecule has 90 valence electrons. The molecule has 1 heterocycles. The van der Waals surface area contributed by atoms with E-state index < -0.39 is 0 Å². The van der Waals surface area contributed by atoms with Crippen LogP contribution in [0, 0.1) is 5.92 Å². The fraction of sp³-hybridized carbons (Fsp3) is 0.750. The predicted octanol–water partition coefficient (Wildman–Crippen LogP) is 2.39. The zero-order valence-electron chi connectivity index (χ0n) is 10.0. The molecular weight excluding hydrogens is 222 g/mol. The van der Waals surface area contributed by atoms with Crippen LogP contribution < -0.4 is 5.32 Å². The molecule has 4 heteroatoms. The Bertz CT molecular complexity index is 325. The Morgan fingerprint density at radius 3 is 2.88 bits per heavy atom. The Labute approximate surface area is 102 Å². The van der Waals surface area contributed by atoms with Gasteiger partial charge in [-0.15, -0.1) is 0 Å². The van der Waals surface area contributed by atoms with Crippen LogP contribution in [0.25, 0.3) is 0 Å². The van der Waals surface area contributed by atoms with Crippen molar-refractivity contribution in [3.05, 3.63) is 16.9 Å². The van der Waals surface area contributed by atoms with Crippen molar-refractivity contribution in [1.82, 2.24) is 15.1 Å². The van der Waals surface area contributed by atoms with Crippen LogP contribution in [0.3, 0.4) is 0 Å². The first-order chi connectivity index (χ1) is 7.72. The van der Waals surface area contributed by atoms with Crippen molar-refractivity contribution in [2.24, 2.45) is 13.0 Å². The van der Waals surface area contributed by atoms with Crippen LogP contribution in [0.1, 0.15) is 31.9 Å². The summed E-state index contributed by atoms with van der Waals surface area (Å²) in [7, 11) is 1.96. The summed E-state index contributed by atoms with van der Waals surface area (Å²) in [4.78, 5) is 0. The summed E-state index contributed by atoms with van der Waals surface area (Å²) in [6.45, 7) is 3.23. The molecule has 0 aliphatic heterocycles. The molecule has 1 aliphatic carbocycles. The van der Waals surface area contributed by atoms with E-state index in [0.29, 0.717) is 6.04 Å². The molecule has 16 heavy (non-hydrogen) atoms. The van der Waals surface area contributed by atoms with Gasteiger partial charge in [-0.3, -0.25) is 4.68 Å². The summed E-state index contributed by atoms with van der Waals surface area (Å²) in [6.07, 6.45) is 6.69. The van der Waals surface area contributed by atoms with Crippen LogP contribution in [-0.2, 0) is 13.5 Å². The lowest BCUT2D eigenvalue weighted by Gasteiger charge is -2.17. The van der Waals surface area contributed by atoms with Gasteiger partial charge in [-0.05, 0) is 38.1 Å². The minimum absolute atomic E-state index is 0.663. The van der Waals surface area contributed by atoms with E-state index in [-0.39, 0.29) is 0 Å². The molecule has 1 atom stereocenters. The molecule has 0 saturated heterocycles. The van der Waals surface area contributed by atoms with Crippen LogP contribution in [-0.4, -0.2) is 22.4 Å². The Kier molecular flexibility index (Phi) is 3.87. The number of halogens is 1. The highest BCUT2D eigenvalue weighted by atomic mass is 35.5. The van der Waals surface area contributed by atoms with Gasteiger partial charge in [0, 0.05) is 13.1 Å². The van der Waals surface area contributed by atoms with E-state index in [0.717, 1.165) is 36.0 Å². The Hall–Kier alpha value is -0.540. The number of nitrogens with one attached hydrogen (secondary N) is 1. The maximum absolute atomic E-state index is 6.10. The second-order valence-electron chi connectivity index (χ2n) is 4.60. The molecule has 0 bridgehead atoms. The number of hydrogen-bond donors (Lipinski definition) is 1. The number of rotatable bonds is 6. The Balaban J connectivity index is 1.89. The van der Waals surface area contributed by atoms with Crippen LogP contribution in [0.4, 0.5) is 0 Å². The van der Waals surface area contributed by atoms with Crippen molar-refractivity contribution in [3.63, 3.8) is 0 Å². The van der Waals surface area contributed by atoms with Crippen molar-refractivity contribution in [2.75, 3.05) is 6.54 Å². The van der Waals surface area contributed by atoms with E-state index in [9.17, 15) is 0 Å². The number of hydrogen-bond acceptors (Lipinski definition) is 2. The summed E-state index contributed by atoms with van der Waals surface area (Å²) in [5.74, 6) is 0.895. The lowest BCUT2D eigenvalue weighted by molar-refractivity contribution is 0.441. The van der Waals surface area contributed by atoms with Gasteiger partial charge in [0.05, 0.1) is 16.9 Å². The highest BCUT2D eigenvalue weighted by Crippen LogP contribution is 2.34. The summed E-state index contributed by atoms with van der Waals surface area (Å²) < 4.78 is 1.89. The predicted molar refractivity (Wildman–Crippen MR) is 66.7 cm³/mol. The monoisotopic (exact) mass is 241 g/mol. The molecule has 0 aromatic carbocycles. The number of nitrogens with zero attached hydrogens (tertiary/aromatic N) is 2. The quantitative estimate of drug-likeness (QED) is 0.829. The number of aryl methyl sites for hydroxylation is 1. The van der Waals surface area contributed by atoms with E-state index in [1.54, 1.807) is 6.20 Å². The molecule has 0 radical (unpaired) electrons. The van der Waals surface area contributed by atoms with Crippen LogP contribution in [0.2, 0.25) is 5.02 Å². The second kappa shape index (κ2) is 5.19. The van der Waals surface area contributed by atoms with Crippen molar-refractivity contribution >= 4 is 11.6 Å². The highest BCUT2D eigenvalue weighted by Gasteiger charge is 2.30. The smallest absolute Gasteiger partial charge is 0.0817 e. The summed E-state index contributed by atoms with van der Waals surface area (Å²) in [6, 6.07) is 0.663. The van der Waals surface area contributed by atoms with Gasteiger partial charge in [-0.25, -0.2) is 0 Å². The minimum atomic E-state index is 0.663. The standard InChI is InChI=1S/C12H20ClN3/c1-3-14-11(9-4-5-9)6-7-12-10(13)8-15-16(12)2/h8-9,11,14H,3-7H2,1-2H3. The molecular formula is C12H20ClN3. The maximum atomic E-state index is 6.10. The molecule has 1 unspecified atom stereocenters. The Morgan fingerprint density at radius 2 is 2.38 bits per heavy atom. The van der Waals surface area contributed by atoms with Gasteiger partial charge >= 0.3 is 0 Å². The third kappa shape index (κ3) is 2.77. The highest BCUT2D eigenvalue weighted by molar-refractivity contribution is 6.31. The summed E-state index contributed by atoms with van der Waals surface area (Å²) in [5.41, 5.74) is 1.16. The van der Waals surface area contributed by atoms with Gasteiger partial charge in [0.25, 0.3) is 0 Å². The lowest BCUT2D eigenvalue weighted by atomic mass is 10.1. The fourth-order valence-corrected chi connectivity index (χ4v) is 2.54. The fourth-order valence-electron chi connectivity index (χ4n) is 2.27. The first-order valence-electron chi connectivity index (χ1n) is 6.12. The largest absolute Gasteiger partial charge is 0.314 e. The van der Waals surface area contributed by atoms with Gasteiger partial charge in [-0.2, -0.15) is 5.10 Å². The van der Waals surface area contributed by atoms with Crippen molar-refractivity contribution in [2.45, 2.75) is 38.6 Å². The average Bonchev–Trinajstić information content (AvgIpc) is 3.04. The van der Waals surface area contributed by atoms with Crippen LogP contribution >= 0.6 is 11.6 Å². The Morgan fingerprint density at radius 1 is 1.62 bits per heavy atom. The van der Waals surface area contributed by atoms with Crippen LogP contribution in [0.15, 0.2) is 6.20 Å². The lowest BCUT2D eigenvalue weighted by Crippen LogP contribution is -2.31. The minimum Gasteiger partial charge on any atom is -0.314 e. The summed E-state index contributed by atoms with van der Waals surface area (Å²) >= 11 is 6.10. The molecule has 1 aromatic heterocycles. The normalized spacial score (nSPS) is 17.7. The molecule has 1 aliphatic rings. The zero-order valence-corrected chi connectivity index (χ0v) is 10.8. The zero-order chi connectivity index (χ0) is 11.5. The third-order valence-electron chi connectivity index (χ3n) is 3.36.